The molecule has 0 aromatic carbocycles. The smallest absolute Gasteiger partial charge is 0.0101 e. The van der Waals surface area contributed by atoms with Crippen molar-refractivity contribution in [1.82, 2.24) is 4.90 Å². The largest absolute Gasteiger partial charge is 0.298 e. The van der Waals surface area contributed by atoms with Gasteiger partial charge in [-0.25, -0.2) is 0 Å². The lowest BCUT2D eigenvalue weighted by Gasteiger charge is -2.36. The Kier molecular flexibility index (Phi) is 1.92. The van der Waals surface area contributed by atoms with Crippen LogP contribution in [0.3, 0.4) is 0 Å². The molecule has 3 atom stereocenters. The lowest BCUT2D eigenvalue weighted by molar-refractivity contribution is 0.117. The van der Waals surface area contributed by atoms with Crippen molar-refractivity contribution in [3.8, 4) is 0 Å². The Morgan fingerprint density at radius 1 is 1.18 bits per heavy atom. The summed E-state index contributed by atoms with van der Waals surface area (Å²) in [6.07, 6.45) is 5.88. The predicted molar refractivity (Wildman–Crippen MR) is 47.6 cm³/mol. The highest BCUT2D eigenvalue weighted by atomic mass is 15.2. The Balaban J connectivity index is 2.06. The van der Waals surface area contributed by atoms with E-state index in [9.17, 15) is 0 Å². The van der Waals surface area contributed by atoms with Gasteiger partial charge in [0.2, 0.25) is 0 Å². The number of rotatable bonds is 1. The zero-order chi connectivity index (χ0) is 7.84. The molecule has 0 spiro atoms. The maximum atomic E-state index is 2.72. The van der Waals surface area contributed by atoms with E-state index in [0.717, 1.165) is 18.0 Å². The topological polar surface area (TPSA) is 3.24 Å². The van der Waals surface area contributed by atoms with E-state index in [-0.39, 0.29) is 0 Å². The molecule has 64 valence electrons. The molecule has 2 saturated heterocycles. The summed E-state index contributed by atoms with van der Waals surface area (Å²) in [7, 11) is 0. The number of fused-ring (bicyclic) bond motifs is 2. The molecule has 0 saturated carbocycles. The van der Waals surface area contributed by atoms with Gasteiger partial charge in [0.05, 0.1) is 0 Å². The molecular weight excluding hydrogens is 134 g/mol. The predicted octanol–water partition coefficient (Wildman–Crippen LogP) is 2.27. The number of piperidine rings is 1. The van der Waals surface area contributed by atoms with Gasteiger partial charge in [-0.3, -0.25) is 4.90 Å². The SMILES string of the molecule is CCN1[C@@H]2CC[C@H]1C[C@@H](C)C2. The molecule has 0 N–H and O–H groups in total. The Labute approximate surface area is 69.8 Å². The van der Waals surface area contributed by atoms with E-state index in [1.165, 1.54) is 32.2 Å². The van der Waals surface area contributed by atoms with Crippen LogP contribution in [0.1, 0.15) is 39.5 Å². The average Bonchev–Trinajstić information content (AvgIpc) is 2.23. The number of hydrogen-bond donors (Lipinski definition) is 0. The van der Waals surface area contributed by atoms with Gasteiger partial charge in [0.25, 0.3) is 0 Å². The third-order valence-corrected chi connectivity index (χ3v) is 3.49. The molecule has 2 heterocycles. The van der Waals surface area contributed by atoms with Crippen molar-refractivity contribution in [1.29, 1.82) is 0 Å². The van der Waals surface area contributed by atoms with E-state index in [2.05, 4.69) is 18.7 Å². The molecule has 11 heavy (non-hydrogen) atoms. The van der Waals surface area contributed by atoms with Crippen LogP contribution < -0.4 is 0 Å². The van der Waals surface area contributed by atoms with Crippen molar-refractivity contribution < 1.29 is 0 Å². The van der Waals surface area contributed by atoms with Crippen molar-refractivity contribution in [2.45, 2.75) is 51.6 Å². The van der Waals surface area contributed by atoms with Crippen LogP contribution in [0, 0.1) is 5.92 Å². The van der Waals surface area contributed by atoms with Crippen LogP contribution in [0.15, 0.2) is 0 Å². The lowest BCUT2D eigenvalue weighted by atomic mass is 9.92. The first kappa shape index (κ1) is 7.60. The van der Waals surface area contributed by atoms with Crippen LogP contribution in [-0.4, -0.2) is 23.5 Å². The van der Waals surface area contributed by atoms with Gasteiger partial charge in [0.1, 0.15) is 0 Å². The molecule has 1 heteroatoms. The van der Waals surface area contributed by atoms with Crippen LogP contribution in [0.4, 0.5) is 0 Å². The summed E-state index contributed by atoms with van der Waals surface area (Å²) in [4.78, 5) is 2.72. The van der Waals surface area contributed by atoms with Crippen LogP contribution >= 0.6 is 0 Å². The number of nitrogens with zero attached hydrogens (tertiary/aromatic N) is 1. The Morgan fingerprint density at radius 2 is 1.73 bits per heavy atom. The standard InChI is InChI=1S/C10H19N/c1-3-11-9-4-5-10(11)7-8(2)6-9/h8-10H,3-7H2,1-2H3/t8-,9+,10-. The molecule has 2 aliphatic rings. The van der Waals surface area contributed by atoms with E-state index in [1.807, 2.05) is 0 Å². The first-order chi connectivity index (χ1) is 5.31. The van der Waals surface area contributed by atoms with Crippen molar-refractivity contribution >= 4 is 0 Å². The summed E-state index contributed by atoms with van der Waals surface area (Å²) >= 11 is 0. The molecular formula is C10H19N. The minimum atomic E-state index is 0.953. The zero-order valence-corrected chi connectivity index (χ0v) is 7.71. The van der Waals surface area contributed by atoms with Gasteiger partial charge in [0, 0.05) is 12.1 Å². The maximum absolute atomic E-state index is 2.72. The summed E-state index contributed by atoms with van der Waals surface area (Å²) in [5.41, 5.74) is 0. The molecule has 1 nitrogen and oxygen atoms in total. The van der Waals surface area contributed by atoms with Gasteiger partial charge in [0.15, 0.2) is 0 Å². The first-order valence-electron chi connectivity index (χ1n) is 5.07. The van der Waals surface area contributed by atoms with Gasteiger partial charge >= 0.3 is 0 Å². The highest BCUT2D eigenvalue weighted by Crippen LogP contribution is 2.37. The molecule has 2 fully saturated rings. The quantitative estimate of drug-likeness (QED) is 0.558. The second-order valence-corrected chi connectivity index (χ2v) is 4.29. The van der Waals surface area contributed by atoms with Crippen molar-refractivity contribution in [2.24, 2.45) is 5.92 Å². The fourth-order valence-corrected chi connectivity index (χ4v) is 3.06. The molecule has 0 aromatic rings. The van der Waals surface area contributed by atoms with Gasteiger partial charge in [-0.05, 0) is 38.1 Å². The van der Waals surface area contributed by atoms with E-state index in [0.29, 0.717) is 0 Å². The molecule has 0 amide bonds. The van der Waals surface area contributed by atoms with E-state index >= 15 is 0 Å². The van der Waals surface area contributed by atoms with Crippen LogP contribution in [0.25, 0.3) is 0 Å². The summed E-state index contributed by atoms with van der Waals surface area (Å²) < 4.78 is 0. The van der Waals surface area contributed by atoms with Crippen LogP contribution in [-0.2, 0) is 0 Å². The fourth-order valence-electron chi connectivity index (χ4n) is 3.06. The fraction of sp³-hybridized carbons (Fsp3) is 1.00. The summed E-state index contributed by atoms with van der Waals surface area (Å²) in [5.74, 6) is 0.996. The lowest BCUT2D eigenvalue weighted by Crippen LogP contribution is -2.41. The molecule has 0 unspecified atom stereocenters. The van der Waals surface area contributed by atoms with E-state index in [4.69, 9.17) is 0 Å². The monoisotopic (exact) mass is 153 g/mol. The molecule has 2 rings (SSSR count). The molecule has 2 bridgehead atoms. The summed E-state index contributed by atoms with van der Waals surface area (Å²) in [6, 6.07) is 1.91. The van der Waals surface area contributed by atoms with E-state index < -0.39 is 0 Å². The van der Waals surface area contributed by atoms with Gasteiger partial charge in [-0.15, -0.1) is 0 Å². The highest BCUT2D eigenvalue weighted by Gasteiger charge is 2.37. The number of hydrogen-bond acceptors (Lipinski definition) is 1. The molecule has 0 radical (unpaired) electrons. The summed E-state index contributed by atoms with van der Waals surface area (Å²) in [6.45, 7) is 6.00. The molecule has 2 aliphatic heterocycles. The Morgan fingerprint density at radius 3 is 2.18 bits per heavy atom. The first-order valence-corrected chi connectivity index (χ1v) is 5.07. The normalized spacial score (nSPS) is 44.7. The summed E-state index contributed by atoms with van der Waals surface area (Å²) in [5, 5.41) is 0. The van der Waals surface area contributed by atoms with E-state index in [1.54, 1.807) is 0 Å². The van der Waals surface area contributed by atoms with Gasteiger partial charge in [-0.2, -0.15) is 0 Å². The maximum Gasteiger partial charge on any atom is 0.0101 e. The van der Waals surface area contributed by atoms with Crippen LogP contribution in [0.2, 0.25) is 0 Å². The third kappa shape index (κ3) is 1.20. The van der Waals surface area contributed by atoms with Gasteiger partial charge < -0.3 is 0 Å². The Bertz CT molecular complexity index is 130. The van der Waals surface area contributed by atoms with Crippen molar-refractivity contribution in [3.63, 3.8) is 0 Å². The Hall–Kier alpha value is -0.0400. The minimum Gasteiger partial charge on any atom is -0.298 e. The second kappa shape index (κ2) is 2.78. The molecule has 0 aliphatic carbocycles. The van der Waals surface area contributed by atoms with Crippen LogP contribution in [0.5, 0.6) is 0 Å². The molecule has 0 aromatic heterocycles. The second-order valence-electron chi connectivity index (χ2n) is 4.29. The van der Waals surface area contributed by atoms with Gasteiger partial charge in [-0.1, -0.05) is 13.8 Å². The zero-order valence-electron chi connectivity index (χ0n) is 7.71. The van der Waals surface area contributed by atoms with Crippen molar-refractivity contribution in [3.05, 3.63) is 0 Å². The minimum absolute atomic E-state index is 0.953. The average molecular weight is 153 g/mol. The van der Waals surface area contributed by atoms with Crippen molar-refractivity contribution in [2.75, 3.05) is 6.54 Å². The third-order valence-electron chi connectivity index (χ3n) is 3.49. The highest BCUT2D eigenvalue weighted by molar-refractivity contribution is 4.93.